The van der Waals surface area contributed by atoms with Crippen LogP contribution >= 0.6 is 0 Å². The SMILES string of the molecule is CCN(C(=O)C(C)N)[C@H]1CCCN(Cc2ccccc2)C1. The van der Waals surface area contributed by atoms with Crippen molar-refractivity contribution in [3.8, 4) is 0 Å². The normalized spacial score (nSPS) is 21.0. The molecule has 1 aromatic carbocycles. The number of carbonyl (C=O) groups is 1. The van der Waals surface area contributed by atoms with Gasteiger partial charge in [-0.25, -0.2) is 0 Å². The Morgan fingerprint density at radius 2 is 2.14 bits per heavy atom. The van der Waals surface area contributed by atoms with Crippen LogP contribution in [0.15, 0.2) is 30.3 Å². The Morgan fingerprint density at radius 1 is 1.43 bits per heavy atom. The van der Waals surface area contributed by atoms with Gasteiger partial charge < -0.3 is 10.6 Å². The molecular weight excluding hydrogens is 262 g/mol. The molecule has 2 N–H and O–H groups in total. The summed E-state index contributed by atoms with van der Waals surface area (Å²) in [5.74, 6) is 0.0732. The zero-order valence-corrected chi connectivity index (χ0v) is 13.2. The zero-order valence-electron chi connectivity index (χ0n) is 13.2. The maximum atomic E-state index is 12.2. The molecule has 0 saturated carbocycles. The molecule has 1 aromatic rings. The van der Waals surface area contributed by atoms with E-state index in [-0.39, 0.29) is 5.91 Å². The van der Waals surface area contributed by atoms with Gasteiger partial charge in [-0.2, -0.15) is 0 Å². The summed E-state index contributed by atoms with van der Waals surface area (Å²) in [7, 11) is 0. The first-order valence-electron chi connectivity index (χ1n) is 7.94. The summed E-state index contributed by atoms with van der Waals surface area (Å²) in [4.78, 5) is 16.6. The lowest BCUT2D eigenvalue weighted by Gasteiger charge is -2.39. The number of nitrogens with zero attached hydrogens (tertiary/aromatic N) is 2. The second kappa shape index (κ2) is 7.57. The first kappa shape index (κ1) is 16.0. The predicted octanol–water partition coefficient (Wildman–Crippen LogP) is 1.85. The van der Waals surface area contributed by atoms with Gasteiger partial charge in [0.15, 0.2) is 0 Å². The number of carbonyl (C=O) groups excluding carboxylic acids is 1. The average molecular weight is 289 g/mol. The summed E-state index contributed by atoms with van der Waals surface area (Å²) < 4.78 is 0. The largest absolute Gasteiger partial charge is 0.337 e. The third kappa shape index (κ3) is 4.29. The van der Waals surface area contributed by atoms with Gasteiger partial charge >= 0.3 is 0 Å². The third-order valence-electron chi connectivity index (χ3n) is 4.18. The summed E-state index contributed by atoms with van der Waals surface area (Å²) in [5.41, 5.74) is 7.11. The van der Waals surface area contributed by atoms with Gasteiger partial charge in [-0.15, -0.1) is 0 Å². The van der Waals surface area contributed by atoms with Crippen LogP contribution in [0.3, 0.4) is 0 Å². The van der Waals surface area contributed by atoms with Crippen LogP contribution in [0.2, 0.25) is 0 Å². The van der Waals surface area contributed by atoms with Crippen LogP contribution in [0.5, 0.6) is 0 Å². The highest BCUT2D eigenvalue weighted by Gasteiger charge is 2.28. The molecule has 0 spiro atoms. The van der Waals surface area contributed by atoms with Crippen LogP contribution in [0.4, 0.5) is 0 Å². The molecular formula is C17H27N3O. The van der Waals surface area contributed by atoms with E-state index in [1.807, 2.05) is 17.9 Å². The molecule has 2 atom stereocenters. The maximum Gasteiger partial charge on any atom is 0.239 e. The number of likely N-dealkylation sites (N-methyl/N-ethyl adjacent to an activating group) is 1. The van der Waals surface area contributed by atoms with Gasteiger partial charge in [-0.3, -0.25) is 9.69 Å². The molecule has 1 fully saturated rings. The van der Waals surface area contributed by atoms with E-state index in [0.717, 1.165) is 39.0 Å². The number of hydrogen-bond acceptors (Lipinski definition) is 3. The van der Waals surface area contributed by atoms with Gasteiger partial charge in [0.1, 0.15) is 0 Å². The van der Waals surface area contributed by atoms with E-state index in [1.165, 1.54) is 5.56 Å². The minimum Gasteiger partial charge on any atom is -0.337 e. The van der Waals surface area contributed by atoms with Gasteiger partial charge in [0.25, 0.3) is 0 Å². The van der Waals surface area contributed by atoms with Gasteiger partial charge in [0.2, 0.25) is 5.91 Å². The second-order valence-electron chi connectivity index (χ2n) is 5.93. The Labute approximate surface area is 127 Å². The van der Waals surface area contributed by atoms with E-state index in [1.54, 1.807) is 6.92 Å². The van der Waals surface area contributed by atoms with E-state index >= 15 is 0 Å². The zero-order chi connectivity index (χ0) is 15.2. The van der Waals surface area contributed by atoms with Crippen molar-refractivity contribution in [3.63, 3.8) is 0 Å². The van der Waals surface area contributed by atoms with E-state index in [4.69, 9.17) is 5.73 Å². The van der Waals surface area contributed by atoms with Crippen molar-refractivity contribution in [2.75, 3.05) is 19.6 Å². The van der Waals surface area contributed by atoms with Gasteiger partial charge in [-0.1, -0.05) is 30.3 Å². The molecule has 116 valence electrons. The molecule has 1 aliphatic rings. The number of likely N-dealkylation sites (tertiary alicyclic amines) is 1. The molecule has 4 nitrogen and oxygen atoms in total. The highest BCUT2D eigenvalue weighted by Crippen LogP contribution is 2.18. The summed E-state index contributed by atoms with van der Waals surface area (Å²) in [5, 5.41) is 0. The monoisotopic (exact) mass is 289 g/mol. The molecule has 1 aliphatic heterocycles. The lowest BCUT2D eigenvalue weighted by atomic mass is 10.0. The topological polar surface area (TPSA) is 49.6 Å². The molecule has 1 amide bonds. The number of hydrogen-bond donors (Lipinski definition) is 1. The van der Waals surface area contributed by atoms with Crippen molar-refractivity contribution in [2.45, 2.75) is 45.3 Å². The first-order chi connectivity index (χ1) is 10.1. The molecule has 1 unspecified atom stereocenters. The number of nitrogens with two attached hydrogens (primary N) is 1. The van der Waals surface area contributed by atoms with E-state index in [9.17, 15) is 4.79 Å². The van der Waals surface area contributed by atoms with E-state index in [0.29, 0.717) is 6.04 Å². The Hall–Kier alpha value is -1.39. The number of piperidine rings is 1. The highest BCUT2D eigenvalue weighted by atomic mass is 16.2. The van der Waals surface area contributed by atoms with Gasteiger partial charge in [0, 0.05) is 25.7 Å². The Bertz CT molecular complexity index is 447. The van der Waals surface area contributed by atoms with Crippen molar-refractivity contribution in [1.82, 2.24) is 9.80 Å². The molecule has 0 aromatic heterocycles. The minimum absolute atomic E-state index is 0.0732. The maximum absolute atomic E-state index is 12.2. The van der Waals surface area contributed by atoms with Crippen molar-refractivity contribution in [2.24, 2.45) is 5.73 Å². The van der Waals surface area contributed by atoms with Crippen LogP contribution < -0.4 is 5.73 Å². The molecule has 4 heteroatoms. The molecule has 0 bridgehead atoms. The van der Waals surface area contributed by atoms with Crippen molar-refractivity contribution in [3.05, 3.63) is 35.9 Å². The lowest BCUT2D eigenvalue weighted by Crippen LogP contribution is -2.53. The van der Waals surface area contributed by atoms with Crippen LogP contribution in [0, 0.1) is 0 Å². The minimum atomic E-state index is -0.408. The standard InChI is InChI=1S/C17H27N3O/c1-3-20(17(21)14(2)18)16-10-7-11-19(13-16)12-15-8-5-4-6-9-15/h4-6,8-9,14,16H,3,7,10-13,18H2,1-2H3/t14?,16-/m0/s1. The van der Waals surface area contributed by atoms with Crippen molar-refractivity contribution < 1.29 is 4.79 Å². The molecule has 1 heterocycles. The fourth-order valence-electron chi connectivity index (χ4n) is 3.13. The van der Waals surface area contributed by atoms with Gasteiger partial charge in [-0.05, 0) is 38.8 Å². The smallest absolute Gasteiger partial charge is 0.239 e. The Morgan fingerprint density at radius 3 is 2.76 bits per heavy atom. The molecule has 2 rings (SSSR count). The fourth-order valence-corrected chi connectivity index (χ4v) is 3.13. The number of benzene rings is 1. The van der Waals surface area contributed by atoms with Crippen LogP contribution in [-0.4, -0.2) is 47.4 Å². The number of amides is 1. The third-order valence-corrected chi connectivity index (χ3v) is 4.18. The Balaban J connectivity index is 1.98. The first-order valence-corrected chi connectivity index (χ1v) is 7.94. The summed E-state index contributed by atoms with van der Waals surface area (Å²) >= 11 is 0. The predicted molar refractivity (Wildman–Crippen MR) is 85.8 cm³/mol. The quantitative estimate of drug-likeness (QED) is 0.900. The van der Waals surface area contributed by atoms with Crippen LogP contribution in [0.25, 0.3) is 0 Å². The summed E-state index contributed by atoms with van der Waals surface area (Å²) in [6.45, 7) is 7.56. The van der Waals surface area contributed by atoms with Crippen molar-refractivity contribution >= 4 is 5.91 Å². The Kier molecular flexibility index (Phi) is 5.76. The molecule has 1 saturated heterocycles. The van der Waals surface area contributed by atoms with Gasteiger partial charge in [0.05, 0.1) is 6.04 Å². The lowest BCUT2D eigenvalue weighted by molar-refractivity contribution is -0.135. The summed E-state index contributed by atoms with van der Waals surface area (Å²) in [6, 6.07) is 10.4. The second-order valence-corrected chi connectivity index (χ2v) is 5.93. The summed E-state index contributed by atoms with van der Waals surface area (Å²) in [6.07, 6.45) is 2.22. The molecule has 21 heavy (non-hydrogen) atoms. The average Bonchev–Trinajstić information content (AvgIpc) is 2.49. The van der Waals surface area contributed by atoms with Crippen LogP contribution in [-0.2, 0) is 11.3 Å². The van der Waals surface area contributed by atoms with E-state index in [2.05, 4.69) is 29.2 Å². The molecule has 0 aliphatic carbocycles. The van der Waals surface area contributed by atoms with Crippen LogP contribution in [0.1, 0.15) is 32.3 Å². The number of rotatable bonds is 5. The fraction of sp³-hybridized carbons (Fsp3) is 0.588. The highest BCUT2D eigenvalue weighted by molar-refractivity contribution is 5.81. The van der Waals surface area contributed by atoms with E-state index < -0.39 is 6.04 Å². The molecule has 0 radical (unpaired) electrons. The van der Waals surface area contributed by atoms with Crippen molar-refractivity contribution in [1.29, 1.82) is 0 Å².